The summed E-state index contributed by atoms with van der Waals surface area (Å²) in [5.74, 6) is 2.07. The van der Waals surface area contributed by atoms with Gasteiger partial charge in [0, 0.05) is 12.7 Å². The van der Waals surface area contributed by atoms with Gasteiger partial charge in [-0.25, -0.2) is 0 Å². The molecule has 134 valence electrons. The molecule has 0 spiro atoms. The van der Waals surface area contributed by atoms with Crippen LogP contribution in [0.15, 0.2) is 46.9 Å². The van der Waals surface area contributed by atoms with Crippen molar-refractivity contribution in [3.8, 4) is 5.75 Å². The van der Waals surface area contributed by atoms with Crippen molar-refractivity contribution in [3.63, 3.8) is 0 Å². The number of hydrogen-bond acceptors (Lipinski definition) is 4. The zero-order valence-electron chi connectivity index (χ0n) is 15.4. The number of carbonyl (C=O) groups excluding carboxylic acids is 1. The van der Waals surface area contributed by atoms with Crippen LogP contribution in [0.4, 0.5) is 0 Å². The summed E-state index contributed by atoms with van der Waals surface area (Å²) in [4.78, 5) is 12.4. The molecule has 5 heteroatoms. The van der Waals surface area contributed by atoms with Crippen LogP contribution in [-0.2, 0) is 13.7 Å². The maximum absolute atomic E-state index is 12.4. The van der Waals surface area contributed by atoms with E-state index in [1.165, 1.54) is 6.08 Å². The van der Waals surface area contributed by atoms with E-state index in [1.807, 2.05) is 64.2 Å². The molecule has 0 aliphatic carbocycles. The average molecular weight is 350 g/mol. The van der Waals surface area contributed by atoms with Crippen molar-refractivity contribution in [2.45, 2.75) is 27.4 Å². The molecule has 0 N–H and O–H groups in total. The lowest BCUT2D eigenvalue weighted by atomic mass is 10.1. The number of aromatic nitrogens is 2. The highest BCUT2D eigenvalue weighted by atomic mass is 16.5. The number of benzene rings is 1. The summed E-state index contributed by atoms with van der Waals surface area (Å²) >= 11 is 0. The molecule has 1 aromatic carbocycles. The zero-order chi connectivity index (χ0) is 18.7. The zero-order valence-corrected chi connectivity index (χ0v) is 15.4. The minimum absolute atomic E-state index is 0.0813. The van der Waals surface area contributed by atoms with Crippen molar-refractivity contribution in [2.24, 2.45) is 7.05 Å². The van der Waals surface area contributed by atoms with E-state index in [1.54, 1.807) is 10.8 Å². The van der Waals surface area contributed by atoms with Gasteiger partial charge in [-0.2, -0.15) is 5.10 Å². The SMILES string of the molecule is Cc1ccccc1OCc1ccc(/C=C/C(=O)c2c(C)nn(C)c2C)o1. The van der Waals surface area contributed by atoms with Crippen molar-refractivity contribution < 1.29 is 13.9 Å². The van der Waals surface area contributed by atoms with E-state index in [9.17, 15) is 4.79 Å². The van der Waals surface area contributed by atoms with E-state index in [2.05, 4.69) is 5.10 Å². The van der Waals surface area contributed by atoms with Gasteiger partial charge in [0.05, 0.1) is 11.3 Å². The number of furan rings is 1. The summed E-state index contributed by atoms with van der Waals surface area (Å²) in [7, 11) is 1.83. The second-order valence-corrected chi connectivity index (χ2v) is 6.23. The van der Waals surface area contributed by atoms with E-state index in [-0.39, 0.29) is 5.78 Å². The lowest BCUT2D eigenvalue weighted by molar-refractivity contribution is 0.104. The number of carbonyl (C=O) groups is 1. The molecule has 0 aliphatic rings. The van der Waals surface area contributed by atoms with Gasteiger partial charge in [-0.3, -0.25) is 9.48 Å². The van der Waals surface area contributed by atoms with Gasteiger partial charge in [0.1, 0.15) is 23.9 Å². The van der Waals surface area contributed by atoms with E-state index in [4.69, 9.17) is 9.15 Å². The standard InChI is InChI=1S/C21H22N2O3/c1-14-7-5-6-8-20(14)25-13-18-10-9-17(26-18)11-12-19(24)21-15(2)22-23(4)16(21)3/h5-12H,13H2,1-4H3/b12-11+. The van der Waals surface area contributed by atoms with Gasteiger partial charge in [-0.1, -0.05) is 18.2 Å². The molecule has 0 saturated heterocycles. The van der Waals surface area contributed by atoms with Gasteiger partial charge in [0.25, 0.3) is 0 Å². The molecule has 2 heterocycles. The Labute approximate surface area is 152 Å². The Morgan fingerprint density at radius 1 is 1.19 bits per heavy atom. The first-order valence-corrected chi connectivity index (χ1v) is 8.45. The monoisotopic (exact) mass is 350 g/mol. The van der Waals surface area contributed by atoms with Gasteiger partial charge in [-0.05, 0) is 56.7 Å². The summed E-state index contributed by atoms with van der Waals surface area (Å²) in [6.07, 6.45) is 3.19. The first kappa shape index (κ1) is 17.7. The summed E-state index contributed by atoms with van der Waals surface area (Å²) in [5, 5.41) is 4.27. The Morgan fingerprint density at radius 3 is 2.65 bits per heavy atom. The number of ketones is 1. The highest BCUT2D eigenvalue weighted by Crippen LogP contribution is 2.19. The Hall–Kier alpha value is -3.08. The highest BCUT2D eigenvalue weighted by molar-refractivity contribution is 6.08. The predicted molar refractivity (Wildman–Crippen MR) is 100 cm³/mol. The van der Waals surface area contributed by atoms with E-state index >= 15 is 0 Å². The molecule has 0 amide bonds. The molecule has 5 nitrogen and oxygen atoms in total. The quantitative estimate of drug-likeness (QED) is 0.488. The number of hydrogen-bond donors (Lipinski definition) is 0. The summed E-state index contributed by atoms with van der Waals surface area (Å²) in [6, 6.07) is 11.5. The molecule has 0 bridgehead atoms. The van der Waals surface area contributed by atoms with Crippen molar-refractivity contribution in [2.75, 3.05) is 0 Å². The maximum Gasteiger partial charge on any atom is 0.189 e. The molecule has 0 aliphatic heterocycles. The third-order valence-electron chi connectivity index (χ3n) is 4.30. The number of ether oxygens (including phenoxy) is 1. The van der Waals surface area contributed by atoms with Gasteiger partial charge >= 0.3 is 0 Å². The number of aryl methyl sites for hydroxylation is 3. The fourth-order valence-electron chi connectivity index (χ4n) is 2.80. The normalized spacial score (nSPS) is 11.2. The Bertz CT molecular complexity index is 964. The van der Waals surface area contributed by atoms with E-state index in [0.717, 1.165) is 22.7 Å². The summed E-state index contributed by atoms with van der Waals surface area (Å²) in [5.41, 5.74) is 3.29. The van der Waals surface area contributed by atoms with Crippen LogP contribution in [0.2, 0.25) is 0 Å². The van der Waals surface area contributed by atoms with Crippen molar-refractivity contribution in [1.29, 1.82) is 0 Å². The third-order valence-corrected chi connectivity index (χ3v) is 4.30. The third kappa shape index (κ3) is 3.77. The van der Waals surface area contributed by atoms with Crippen LogP contribution in [0.25, 0.3) is 6.08 Å². The van der Waals surface area contributed by atoms with Crippen LogP contribution in [-0.4, -0.2) is 15.6 Å². The smallest absolute Gasteiger partial charge is 0.189 e. The molecular weight excluding hydrogens is 328 g/mol. The Morgan fingerprint density at radius 2 is 1.96 bits per heavy atom. The number of nitrogens with zero attached hydrogens (tertiary/aromatic N) is 2. The molecular formula is C21H22N2O3. The molecule has 0 unspecified atom stereocenters. The Kier molecular flexibility index (Phi) is 5.07. The van der Waals surface area contributed by atoms with Crippen LogP contribution in [0.1, 0.15) is 38.8 Å². The van der Waals surface area contributed by atoms with E-state index < -0.39 is 0 Å². The van der Waals surface area contributed by atoms with E-state index in [0.29, 0.717) is 23.7 Å². The first-order valence-electron chi connectivity index (χ1n) is 8.45. The number of rotatable bonds is 6. The van der Waals surface area contributed by atoms with Gasteiger partial charge < -0.3 is 9.15 Å². The van der Waals surface area contributed by atoms with Crippen molar-refractivity contribution in [1.82, 2.24) is 9.78 Å². The minimum atomic E-state index is -0.0813. The molecule has 26 heavy (non-hydrogen) atoms. The van der Waals surface area contributed by atoms with Crippen LogP contribution < -0.4 is 4.74 Å². The van der Waals surface area contributed by atoms with Crippen molar-refractivity contribution >= 4 is 11.9 Å². The van der Waals surface area contributed by atoms with Crippen LogP contribution >= 0.6 is 0 Å². The van der Waals surface area contributed by atoms with Crippen molar-refractivity contribution in [3.05, 3.63) is 76.5 Å². The highest BCUT2D eigenvalue weighted by Gasteiger charge is 2.15. The predicted octanol–water partition coefficient (Wildman–Crippen LogP) is 4.41. The number of para-hydroxylation sites is 1. The molecule has 0 radical (unpaired) electrons. The fraction of sp³-hybridized carbons (Fsp3) is 0.238. The second-order valence-electron chi connectivity index (χ2n) is 6.23. The van der Waals surface area contributed by atoms with Crippen LogP contribution in [0, 0.1) is 20.8 Å². The second kappa shape index (κ2) is 7.44. The average Bonchev–Trinajstić information content (AvgIpc) is 3.16. The largest absolute Gasteiger partial charge is 0.485 e. The van der Waals surface area contributed by atoms with Gasteiger partial charge in [0.15, 0.2) is 5.78 Å². The fourth-order valence-corrected chi connectivity index (χ4v) is 2.80. The maximum atomic E-state index is 12.4. The topological polar surface area (TPSA) is 57.3 Å². The Balaban J connectivity index is 1.65. The lowest BCUT2D eigenvalue weighted by Gasteiger charge is -2.06. The van der Waals surface area contributed by atoms with Gasteiger partial charge in [-0.15, -0.1) is 0 Å². The van der Waals surface area contributed by atoms with Crippen LogP contribution in [0.3, 0.4) is 0 Å². The molecule has 0 saturated carbocycles. The molecule has 3 aromatic rings. The molecule has 2 aromatic heterocycles. The first-order chi connectivity index (χ1) is 12.5. The summed E-state index contributed by atoms with van der Waals surface area (Å²) < 4.78 is 13.2. The summed E-state index contributed by atoms with van der Waals surface area (Å²) in [6.45, 7) is 6.06. The molecule has 0 fully saturated rings. The molecule has 3 rings (SSSR count). The lowest BCUT2D eigenvalue weighted by Crippen LogP contribution is -1.99. The number of allylic oxidation sites excluding steroid dienone is 1. The van der Waals surface area contributed by atoms with Crippen LogP contribution in [0.5, 0.6) is 5.75 Å². The molecule has 0 atom stereocenters. The van der Waals surface area contributed by atoms with Gasteiger partial charge in [0.2, 0.25) is 0 Å². The minimum Gasteiger partial charge on any atom is -0.485 e.